The zero-order valence-corrected chi connectivity index (χ0v) is 11.5. The van der Waals surface area contributed by atoms with Crippen LogP contribution in [-0.2, 0) is 4.74 Å². The van der Waals surface area contributed by atoms with Gasteiger partial charge in [-0.25, -0.2) is 4.39 Å². The van der Waals surface area contributed by atoms with E-state index in [0.717, 1.165) is 12.8 Å². The van der Waals surface area contributed by atoms with Crippen LogP contribution in [0.15, 0.2) is 18.2 Å². The van der Waals surface area contributed by atoms with Crippen LogP contribution < -0.4 is 5.32 Å². The quantitative estimate of drug-likeness (QED) is 0.916. The number of benzene rings is 1. The van der Waals surface area contributed by atoms with Crippen molar-refractivity contribution >= 4 is 5.69 Å². The van der Waals surface area contributed by atoms with Gasteiger partial charge in [0.25, 0.3) is 0 Å². The lowest BCUT2D eigenvalue weighted by Gasteiger charge is -2.24. The number of nitrogens with zero attached hydrogens (tertiary/aromatic N) is 1. The topological polar surface area (TPSA) is 45.0 Å². The second-order valence-electron chi connectivity index (χ2n) is 5.82. The molecule has 4 heteroatoms. The highest BCUT2D eigenvalue weighted by atomic mass is 19.1. The van der Waals surface area contributed by atoms with Crippen molar-refractivity contribution in [3.63, 3.8) is 0 Å². The van der Waals surface area contributed by atoms with Gasteiger partial charge in [-0.05, 0) is 37.8 Å². The van der Waals surface area contributed by atoms with Crippen molar-refractivity contribution < 1.29 is 9.13 Å². The van der Waals surface area contributed by atoms with Crippen LogP contribution in [0.5, 0.6) is 0 Å². The van der Waals surface area contributed by atoms with Gasteiger partial charge in [-0.1, -0.05) is 18.9 Å². The summed E-state index contributed by atoms with van der Waals surface area (Å²) < 4.78 is 19.7. The molecule has 0 radical (unpaired) electrons. The van der Waals surface area contributed by atoms with Gasteiger partial charge in [0.2, 0.25) is 0 Å². The first-order valence-electron chi connectivity index (χ1n) is 7.33. The molecule has 1 aliphatic heterocycles. The SMILES string of the molecule is N#Cc1c(F)cccc1NCC1CCC2(CCCC2)O1. The highest BCUT2D eigenvalue weighted by molar-refractivity contribution is 5.57. The number of nitrogens with one attached hydrogen (secondary N) is 1. The Morgan fingerprint density at radius 1 is 1.35 bits per heavy atom. The minimum absolute atomic E-state index is 0.0843. The fourth-order valence-corrected chi connectivity index (χ4v) is 3.44. The lowest BCUT2D eigenvalue weighted by Crippen LogP contribution is -2.28. The molecule has 1 N–H and O–H groups in total. The fraction of sp³-hybridized carbons (Fsp3) is 0.562. The van der Waals surface area contributed by atoms with Crippen LogP contribution in [0, 0.1) is 17.1 Å². The van der Waals surface area contributed by atoms with Gasteiger partial charge < -0.3 is 10.1 Å². The first kappa shape index (κ1) is 13.4. The van der Waals surface area contributed by atoms with E-state index in [2.05, 4.69) is 5.32 Å². The second-order valence-corrected chi connectivity index (χ2v) is 5.82. The third-order valence-electron chi connectivity index (χ3n) is 4.50. The smallest absolute Gasteiger partial charge is 0.143 e. The molecule has 1 aliphatic carbocycles. The van der Waals surface area contributed by atoms with Crippen molar-refractivity contribution in [1.29, 1.82) is 5.26 Å². The zero-order chi connectivity index (χ0) is 14.0. The molecule has 1 aromatic rings. The standard InChI is InChI=1S/C16H19FN2O/c17-14-4-3-5-15(13(14)10-18)19-11-12-6-9-16(20-12)7-1-2-8-16/h3-5,12,19H,1-2,6-9,11H2. The van der Waals surface area contributed by atoms with Crippen LogP contribution in [0.3, 0.4) is 0 Å². The molecule has 1 heterocycles. The van der Waals surface area contributed by atoms with Gasteiger partial charge >= 0.3 is 0 Å². The molecule has 1 aromatic carbocycles. The van der Waals surface area contributed by atoms with E-state index in [4.69, 9.17) is 10.00 Å². The second kappa shape index (κ2) is 5.41. The summed E-state index contributed by atoms with van der Waals surface area (Å²) in [5.41, 5.74) is 0.761. The van der Waals surface area contributed by atoms with Gasteiger partial charge in [-0.15, -0.1) is 0 Å². The van der Waals surface area contributed by atoms with Crippen molar-refractivity contribution in [1.82, 2.24) is 0 Å². The van der Waals surface area contributed by atoms with Crippen molar-refractivity contribution in [2.75, 3.05) is 11.9 Å². The van der Waals surface area contributed by atoms with Gasteiger partial charge in [0.15, 0.2) is 0 Å². The summed E-state index contributed by atoms with van der Waals surface area (Å²) in [5.74, 6) is -0.475. The maximum atomic E-state index is 13.5. The van der Waals surface area contributed by atoms with E-state index in [1.54, 1.807) is 12.1 Å². The highest BCUT2D eigenvalue weighted by Crippen LogP contribution is 2.43. The summed E-state index contributed by atoms with van der Waals surface area (Å²) in [6, 6.07) is 6.57. The van der Waals surface area contributed by atoms with Gasteiger partial charge in [-0.2, -0.15) is 5.26 Å². The van der Waals surface area contributed by atoms with Crippen LogP contribution >= 0.6 is 0 Å². The van der Waals surface area contributed by atoms with E-state index in [-0.39, 0.29) is 17.3 Å². The lowest BCUT2D eigenvalue weighted by molar-refractivity contribution is -0.0307. The van der Waals surface area contributed by atoms with E-state index in [1.807, 2.05) is 6.07 Å². The normalized spacial score (nSPS) is 23.9. The summed E-state index contributed by atoms with van der Waals surface area (Å²) in [6.45, 7) is 0.639. The molecule has 1 atom stereocenters. The third kappa shape index (κ3) is 2.51. The Balaban J connectivity index is 1.61. The van der Waals surface area contributed by atoms with E-state index < -0.39 is 5.82 Å². The summed E-state index contributed by atoms with van der Waals surface area (Å²) in [6.07, 6.45) is 7.23. The minimum Gasteiger partial charge on any atom is -0.381 e. The number of nitriles is 1. The predicted molar refractivity (Wildman–Crippen MR) is 74.9 cm³/mol. The van der Waals surface area contributed by atoms with Crippen LogP contribution in [-0.4, -0.2) is 18.2 Å². The number of halogens is 1. The number of rotatable bonds is 3. The Labute approximate surface area is 118 Å². The van der Waals surface area contributed by atoms with Crippen molar-refractivity contribution in [2.45, 2.75) is 50.2 Å². The number of ether oxygens (including phenoxy) is 1. The van der Waals surface area contributed by atoms with Crippen LogP contribution in [0.4, 0.5) is 10.1 Å². The molecule has 20 heavy (non-hydrogen) atoms. The van der Waals surface area contributed by atoms with Crippen molar-refractivity contribution in [3.8, 4) is 6.07 Å². The molecule has 106 valence electrons. The van der Waals surface area contributed by atoms with Crippen LogP contribution in [0.1, 0.15) is 44.1 Å². The maximum Gasteiger partial charge on any atom is 0.143 e. The van der Waals surface area contributed by atoms with Gasteiger partial charge in [-0.3, -0.25) is 0 Å². The summed E-state index contributed by atoms with van der Waals surface area (Å²) in [5, 5.41) is 12.2. The Morgan fingerprint density at radius 3 is 2.90 bits per heavy atom. The highest BCUT2D eigenvalue weighted by Gasteiger charge is 2.41. The molecule has 0 aromatic heterocycles. The van der Waals surface area contributed by atoms with E-state index in [1.165, 1.54) is 31.7 Å². The molecule has 3 rings (SSSR count). The van der Waals surface area contributed by atoms with Crippen molar-refractivity contribution in [2.24, 2.45) is 0 Å². The van der Waals surface area contributed by atoms with E-state index in [0.29, 0.717) is 12.2 Å². The molecular weight excluding hydrogens is 255 g/mol. The molecular formula is C16H19FN2O. The molecule has 1 spiro atoms. The van der Waals surface area contributed by atoms with E-state index >= 15 is 0 Å². The number of anilines is 1. The van der Waals surface area contributed by atoms with Gasteiger partial charge in [0, 0.05) is 6.54 Å². The molecule has 2 fully saturated rings. The number of hydrogen-bond acceptors (Lipinski definition) is 3. The largest absolute Gasteiger partial charge is 0.381 e. The van der Waals surface area contributed by atoms with Crippen molar-refractivity contribution in [3.05, 3.63) is 29.6 Å². The molecule has 1 saturated heterocycles. The van der Waals surface area contributed by atoms with E-state index in [9.17, 15) is 4.39 Å². The van der Waals surface area contributed by atoms with Crippen LogP contribution in [0.25, 0.3) is 0 Å². The molecule has 2 aliphatic rings. The minimum atomic E-state index is -0.475. The van der Waals surface area contributed by atoms with Crippen LogP contribution in [0.2, 0.25) is 0 Å². The summed E-state index contributed by atoms with van der Waals surface area (Å²) >= 11 is 0. The average Bonchev–Trinajstić information content (AvgIpc) is 3.07. The van der Waals surface area contributed by atoms with Gasteiger partial charge in [0.1, 0.15) is 17.4 Å². The summed E-state index contributed by atoms with van der Waals surface area (Å²) in [4.78, 5) is 0. The molecule has 1 saturated carbocycles. The number of hydrogen-bond donors (Lipinski definition) is 1. The Morgan fingerprint density at radius 2 is 2.15 bits per heavy atom. The first-order chi connectivity index (χ1) is 9.72. The Bertz CT molecular complexity index is 532. The monoisotopic (exact) mass is 274 g/mol. The molecule has 3 nitrogen and oxygen atoms in total. The maximum absolute atomic E-state index is 13.5. The molecule has 0 amide bonds. The average molecular weight is 274 g/mol. The first-order valence-corrected chi connectivity index (χ1v) is 7.33. The Hall–Kier alpha value is -1.60. The Kier molecular flexibility index (Phi) is 3.62. The fourth-order valence-electron chi connectivity index (χ4n) is 3.44. The van der Waals surface area contributed by atoms with Gasteiger partial charge in [0.05, 0.1) is 17.4 Å². The third-order valence-corrected chi connectivity index (χ3v) is 4.50. The zero-order valence-electron chi connectivity index (χ0n) is 11.5. The predicted octanol–water partition coefficient (Wildman–Crippen LogP) is 3.60. The lowest BCUT2D eigenvalue weighted by atomic mass is 9.98. The molecule has 1 unspecified atom stereocenters. The molecule has 0 bridgehead atoms. The summed E-state index contributed by atoms with van der Waals surface area (Å²) in [7, 11) is 0.